The molecule has 7 nitrogen and oxygen atoms in total. The second kappa shape index (κ2) is 9.98. The SMILES string of the molecule is CCC1CC(C(=O)c2ccc(OC(F)(F)F)cc2)=C(NC(=O)C(C)NCC(=O)O)S1. The predicted octanol–water partition coefficient (Wildman–Crippen LogP) is 3.07. The van der Waals surface area contributed by atoms with Gasteiger partial charge in [-0.05, 0) is 44.0 Å². The highest BCUT2D eigenvalue weighted by Gasteiger charge is 2.32. The highest BCUT2D eigenvalue weighted by Crippen LogP contribution is 2.39. The van der Waals surface area contributed by atoms with E-state index >= 15 is 0 Å². The molecule has 0 radical (unpaired) electrons. The number of allylic oxidation sites excluding steroid dienone is 1. The van der Waals surface area contributed by atoms with E-state index < -0.39 is 42.4 Å². The van der Waals surface area contributed by atoms with Gasteiger partial charge in [0.15, 0.2) is 5.78 Å². The first-order valence-electron chi connectivity index (χ1n) is 9.06. The van der Waals surface area contributed by atoms with E-state index in [0.29, 0.717) is 17.0 Å². The molecule has 11 heteroatoms. The minimum Gasteiger partial charge on any atom is -0.480 e. The summed E-state index contributed by atoms with van der Waals surface area (Å²) < 4.78 is 40.7. The Morgan fingerprint density at radius 2 is 1.90 bits per heavy atom. The largest absolute Gasteiger partial charge is 0.573 e. The molecule has 0 spiro atoms. The second-order valence-electron chi connectivity index (χ2n) is 6.55. The lowest BCUT2D eigenvalue weighted by Gasteiger charge is -2.14. The van der Waals surface area contributed by atoms with Gasteiger partial charge in [-0.2, -0.15) is 0 Å². The summed E-state index contributed by atoms with van der Waals surface area (Å²) in [4.78, 5) is 35.9. The number of thioether (sulfide) groups is 1. The number of hydrogen-bond acceptors (Lipinski definition) is 6. The van der Waals surface area contributed by atoms with Crippen LogP contribution in [0.2, 0.25) is 0 Å². The zero-order chi connectivity index (χ0) is 22.5. The lowest BCUT2D eigenvalue weighted by atomic mass is 9.99. The predicted molar refractivity (Wildman–Crippen MR) is 104 cm³/mol. The minimum absolute atomic E-state index is 0.0642. The van der Waals surface area contributed by atoms with E-state index in [-0.39, 0.29) is 10.8 Å². The third-order valence-electron chi connectivity index (χ3n) is 4.26. The van der Waals surface area contributed by atoms with Gasteiger partial charge < -0.3 is 15.2 Å². The zero-order valence-electron chi connectivity index (χ0n) is 16.2. The van der Waals surface area contributed by atoms with E-state index in [2.05, 4.69) is 15.4 Å². The van der Waals surface area contributed by atoms with Gasteiger partial charge in [-0.15, -0.1) is 24.9 Å². The number of nitrogens with one attached hydrogen (secondary N) is 2. The Bertz CT molecular complexity index is 840. The van der Waals surface area contributed by atoms with Gasteiger partial charge in [-0.25, -0.2) is 0 Å². The first kappa shape index (κ1) is 23.7. The number of Topliss-reactive ketones (excluding diaryl/α,β-unsaturated/α-hetero) is 1. The minimum atomic E-state index is -4.83. The van der Waals surface area contributed by atoms with Crippen LogP contribution in [0.1, 0.15) is 37.0 Å². The Morgan fingerprint density at radius 1 is 1.27 bits per heavy atom. The Kier molecular flexibility index (Phi) is 7.90. The molecular formula is C19H21F3N2O5S. The van der Waals surface area contributed by atoms with Crippen LogP contribution in [0.25, 0.3) is 0 Å². The fraction of sp³-hybridized carbons (Fsp3) is 0.421. The molecular weight excluding hydrogens is 425 g/mol. The molecule has 0 saturated heterocycles. The van der Waals surface area contributed by atoms with Gasteiger partial charge in [-0.3, -0.25) is 19.7 Å². The van der Waals surface area contributed by atoms with Crippen LogP contribution in [-0.4, -0.2) is 47.0 Å². The van der Waals surface area contributed by atoms with E-state index in [0.717, 1.165) is 18.6 Å². The van der Waals surface area contributed by atoms with Crippen molar-refractivity contribution in [3.63, 3.8) is 0 Å². The van der Waals surface area contributed by atoms with Gasteiger partial charge in [0.05, 0.1) is 17.6 Å². The topological polar surface area (TPSA) is 105 Å². The number of carbonyl (C=O) groups is 3. The van der Waals surface area contributed by atoms with Crippen LogP contribution in [0.4, 0.5) is 13.2 Å². The standard InChI is InChI=1S/C19H21F3N2O5S/c1-3-13-8-14(18(30-13)24-17(28)10(2)23-9-15(25)26)16(27)11-4-6-12(7-5-11)29-19(20,21)22/h4-7,10,13,23H,3,8-9H2,1-2H3,(H,24,28)(H,25,26). The molecule has 164 valence electrons. The van der Waals surface area contributed by atoms with Crippen LogP contribution < -0.4 is 15.4 Å². The summed E-state index contributed by atoms with van der Waals surface area (Å²) in [6.07, 6.45) is -3.69. The van der Waals surface area contributed by atoms with Crippen LogP contribution >= 0.6 is 11.8 Å². The van der Waals surface area contributed by atoms with Crippen molar-refractivity contribution in [2.24, 2.45) is 0 Å². The number of amides is 1. The van der Waals surface area contributed by atoms with Crippen molar-refractivity contribution < 1.29 is 37.4 Å². The number of carbonyl (C=O) groups excluding carboxylic acids is 2. The molecule has 2 atom stereocenters. The van der Waals surface area contributed by atoms with Crippen molar-refractivity contribution in [2.75, 3.05) is 6.54 Å². The van der Waals surface area contributed by atoms with Gasteiger partial charge in [0.1, 0.15) is 5.75 Å². The molecule has 1 aliphatic rings. The number of halogens is 3. The maximum atomic E-state index is 12.9. The average Bonchev–Trinajstić information content (AvgIpc) is 3.07. The van der Waals surface area contributed by atoms with Crippen molar-refractivity contribution in [1.82, 2.24) is 10.6 Å². The van der Waals surface area contributed by atoms with Gasteiger partial charge >= 0.3 is 12.3 Å². The van der Waals surface area contributed by atoms with E-state index in [1.807, 2.05) is 6.92 Å². The Hall–Kier alpha value is -2.53. The number of hydrogen-bond donors (Lipinski definition) is 3. The number of ether oxygens (including phenoxy) is 1. The lowest BCUT2D eigenvalue weighted by molar-refractivity contribution is -0.274. The van der Waals surface area contributed by atoms with Gasteiger partial charge in [0, 0.05) is 16.4 Å². The molecule has 2 unspecified atom stereocenters. The lowest BCUT2D eigenvalue weighted by Crippen LogP contribution is -2.43. The third kappa shape index (κ3) is 6.77. The molecule has 0 saturated carbocycles. The van der Waals surface area contributed by atoms with Crippen molar-refractivity contribution in [3.05, 3.63) is 40.4 Å². The highest BCUT2D eigenvalue weighted by molar-refractivity contribution is 8.04. The van der Waals surface area contributed by atoms with Gasteiger partial charge in [0.25, 0.3) is 0 Å². The molecule has 2 rings (SSSR count). The van der Waals surface area contributed by atoms with Crippen LogP contribution in [0.5, 0.6) is 5.75 Å². The second-order valence-corrected chi connectivity index (χ2v) is 7.86. The molecule has 3 N–H and O–H groups in total. The van der Waals surface area contributed by atoms with Crippen LogP contribution in [0, 0.1) is 0 Å². The molecule has 1 aromatic rings. The highest BCUT2D eigenvalue weighted by atomic mass is 32.2. The molecule has 1 amide bonds. The number of carboxylic acids is 1. The molecule has 1 aliphatic heterocycles. The maximum absolute atomic E-state index is 12.9. The van der Waals surface area contributed by atoms with Crippen LogP contribution in [0.3, 0.4) is 0 Å². The summed E-state index contributed by atoms with van der Waals surface area (Å²) in [5.41, 5.74) is 0.524. The number of carboxylic acid groups (broad SMARTS) is 1. The summed E-state index contributed by atoms with van der Waals surface area (Å²) in [7, 11) is 0. The first-order chi connectivity index (χ1) is 14.0. The smallest absolute Gasteiger partial charge is 0.480 e. The third-order valence-corrected chi connectivity index (χ3v) is 5.68. The number of rotatable bonds is 9. The Morgan fingerprint density at radius 3 is 2.43 bits per heavy atom. The number of aliphatic carboxylic acids is 1. The number of benzene rings is 1. The summed E-state index contributed by atoms with van der Waals surface area (Å²) in [5.74, 6) is -2.44. The van der Waals surface area contributed by atoms with E-state index in [1.54, 1.807) is 0 Å². The van der Waals surface area contributed by atoms with Crippen molar-refractivity contribution >= 4 is 29.4 Å². The van der Waals surface area contributed by atoms with E-state index in [9.17, 15) is 27.6 Å². The maximum Gasteiger partial charge on any atom is 0.573 e. The van der Waals surface area contributed by atoms with Gasteiger partial charge in [-0.1, -0.05) is 6.92 Å². The van der Waals surface area contributed by atoms with E-state index in [4.69, 9.17) is 5.11 Å². The molecule has 30 heavy (non-hydrogen) atoms. The fourth-order valence-corrected chi connectivity index (χ4v) is 3.89. The van der Waals surface area contributed by atoms with Crippen LogP contribution in [0.15, 0.2) is 34.9 Å². The monoisotopic (exact) mass is 446 g/mol. The summed E-state index contributed by atoms with van der Waals surface area (Å²) >= 11 is 1.33. The van der Waals surface area contributed by atoms with Crippen molar-refractivity contribution in [1.29, 1.82) is 0 Å². The fourth-order valence-electron chi connectivity index (χ4n) is 2.66. The molecule has 0 fully saturated rings. The Labute approximate surface area is 175 Å². The van der Waals surface area contributed by atoms with Crippen molar-refractivity contribution in [2.45, 2.75) is 44.3 Å². The summed E-state index contributed by atoms with van der Waals surface area (Å²) in [5, 5.41) is 14.3. The Balaban J connectivity index is 2.16. The molecule has 0 aliphatic carbocycles. The average molecular weight is 446 g/mol. The number of alkyl halides is 3. The first-order valence-corrected chi connectivity index (χ1v) is 9.94. The van der Waals surface area contributed by atoms with E-state index in [1.165, 1.54) is 30.8 Å². The summed E-state index contributed by atoms with van der Waals surface area (Å²) in [6.45, 7) is 3.04. The quantitative estimate of drug-likeness (QED) is 0.501. The normalized spacial score (nSPS) is 17.6. The number of ketones is 1. The molecule has 1 aromatic carbocycles. The summed E-state index contributed by atoms with van der Waals surface area (Å²) in [6, 6.07) is 3.77. The molecule has 0 bridgehead atoms. The molecule has 0 aromatic heterocycles. The molecule has 1 heterocycles. The van der Waals surface area contributed by atoms with Crippen LogP contribution in [-0.2, 0) is 9.59 Å². The van der Waals surface area contributed by atoms with Gasteiger partial charge in [0.2, 0.25) is 5.91 Å². The zero-order valence-corrected chi connectivity index (χ0v) is 17.0. The van der Waals surface area contributed by atoms with Crippen molar-refractivity contribution in [3.8, 4) is 5.75 Å².